The first-order chi connectivity index (χ1) is 7.50. The molecule has 1 heterocycles. The molecule has 0 spiro atoms. The number of nitrogens with one attached hydrogen (secondary N) is 2. The van der Waals surface area contributed by atoms with E-state index >= 15 is 0 Å². The summed E-state index contributed by atoms with van der Waals surface area (Å²) in [6, 6.07) is 0.0115. The maximum absolute atomic E-state index is 11.8. The fraction of sp³-hybridized carbons (Fsp3) is 0.818. The molecule has 1 atom stereocenters. The van der Waals surface area contributed by atoms with Crippen molar-refractivity contribution < 1.29 is 9.59 Å². The first-order valence-electron chi connectivity index (χ1n) is 5.78. The lowest BCUT2D eigenvalue weighted by Crippen LogP contribution is -2.46. The van der Waals surface area contributed by atoms with E-state index in [4.69, 9.17) is 0 Å². The van der Waals surface area contributed by atoms with Gasteiger partial charge in [0.05, 0.1) is 12.6 Å². The van der Waals surface area contributed by atoms with Crippen molar-refractivity contribution in [3.63, 3.8) is 0 Å². The van der Waals surface area contributed by atoms with Gasteiger partial charge in [0.15, 0.2) is 0 Å². The summed E-state index contributed by atoms with van der Waals surface area (Å²) in [5, 5.41) is 5.89. The zero-order valence-corrected chi connectivity index (χ0v) is 10.2. The Morgan fingerprint density at radius 1 is 1.50 bits per heavy atom. The normalized spacial score (nSPS) is 19.9. The maximum atomic E-state index is 11.8. The molecule has 0 aromatic rings. The highest BCUT2D eigenvalue weighted by Gasteiger charge is 2.25. The van der Waals surface area contributed by atoms with Crippen molar-refractivity contribution in [2.75, 3.05) is 20.1 Å². The molecule has 0 saturated carbocycles. The monoisotopic (exact) mass is 227 g/mol. The topological polar surface area (TPSA) is 61.4 Å². The zero-order valence-electron chi connectivity index (χ0n) is 10.2. The second-order valence-electron chi connectivity index (χ2n) is 4.57. The Hall–Kier alpha value is -1.10. The highest BCUT2D eigenvalue weighted by atomic mass is 16.2. The molecule has 1 saturated heterocycles. The van der Waals surface area contributed by atoms with Gasteiger partial charge in [0.25, 0.3) is 0 Å². The molecule has 1 fully saturated rings. The molecule has 2 amide bonds. The summed E-state index contributed by atoms with van der Waals surface area (Å²) in [7, 11) is 1.67. The second-order valence-corrected chi connectivity index (χ2v) is 4.57. The van der Waals surface area contributed by atoms with Crippen LogP contribution >= 0.6 is 0 Å². The third-order valence-electron chi connectivity index (χ3n) is 2.57. The van der Waals surface area contributed by atoms with Gasteiger partial charge in [-0.1, -0.05) is 0 Å². The molecule has 1 aliphatic rings. The van der Waals surface area contributed by atoms with Crippen LogP contribution in [0, 0.1) is 0 Å². The summed E-state index contributed by atoms with van der Waals surface area (Å²) in [6.07, 6.45) is 1.90. The van der Waals surface area contributed by atoms with Crippen molar-refractivity contribution in [1.29, 1.82) is 0 Å². The van der Waals surface area contributed by atoms with Crippen LogP contribution in [0.25, 0.3) is 0 Å². The summed E-state index contributed by atoms with van der Waals surface area (Å²) >= 11 is 0. The van der Waals surface area contributed by atoms with E-state index in [2.05, 4.69) is 10.6 Å². The maximum Gasteiger partial charge on any atom is 0.239 e. The molecule has 16 heavy (non-hydrogen) atoms. The number of carbonyl (C=O) groups is 2. The van der Waals surface area contributed by atoms with Crippen molar-refractivity contribution in [2.45, 2.75) is 38.8 Å². The van der Waals surface area contributed by atoms with Gasteiger partial charge < -0.3 is 15.5 Å². The minimum atomic E-state index is -0.108. The van der Waals surface area contributed by atoms with E-state index in [-0.39, 0.29) is 30.4 Å². The Morgan fingerprint density at radius 3 is 2.69 bits per heavy atom. The van der Waals surface area contributed by atoms with Crippen LogP contribution in [0.1, 0.15) is 26.7 Å². The van der Waals surface area contributed by atoms with Crippen LogP contribution in [0.5, 0.6) is 0 Å². The van der Waals surface area contributed by atoms with Crippen molar-refractivity contribution in [1.82, 2.24) is 15.5 Å². The van der Waals surface area contributed by atoms with Gasteiger partial charge in [0, 0.05) is 13.1 Å². The summed E-state index contributed by atoms with van der Waals surface area (Å²) < 4.78 is 0. The standard InChI is InChI=1S/C11H21N3O2/c1-8(2)13-10(15)7-14(3)11(16)9-5-4-6-12-9/h8-9,12H,4-7H2,1-3H3,(H,13,15)/t9-/m1/s1. The number of amides is 2. The third-order valence-corrected chi connectivity index (χ3v) is 2.57. The van der Waals surface area contributed by atoms with Gasteiger partial charge in [-0.25, -0.2) is 0 Å². The SMILES string of the molecule is CC(C)NC(=O)CN(C)C(=O)[C@H]1CCCN1. The quantitative estimate of drug-likeness (QED) is 0.694. The third kappa shape index (κ3) is 3.81. The average molecular weight is 227 g/mol. The molecule has 0 radical (unpaired) electrons. The van der Waals surface area contributed by atoms with Crippen LogP contribution in [0.15, 0.2) is 0 Å². The van der Waals surface area contributed by atoms with Gasteiger partial charge in [0.1, 0.15) is 0 Å². The van der Waals surface area contributed by atoms with Crippen LogP contribution in [-0.2, 0) is 9.59 Å². The summed E-state index contributed by atoms with van der Waals surface area (Å²) in [5.74, 6) is -0.0970. The number of hydrogen-bond acceptors (Lipinski definition) is 3. The molecule has 1 aliphatic heterocycles. The molecule has 1 rings (SSSR count). The minimum Gasteiger partial charge on any atom is -0.352 e. The zero-order chi connectivity index (χ0) is 12.1. The van der Waals surface area contributed by atoms with Gasteiger partial charge in [-0.05, 0) is 33.2 Å². The second kappa shape index (κ2) is 5.84. The number of hydrogen-bond donors (Lipinski definition) is 2. The number of likely N-dealkylation sites (N-methyl/N-ethyl adjacent to an activating group) is 1. The molecule has 0 bridgehead atoms. The fourth-order valence-electron chi connectivity index (χ4n) is 1.82. The van der Waals surface area contributed by atoms with Crippen LogP contribution < -0.4 is 10.6 Å². The molecular weight excluding hydrogens is 206 g/mol. The van der Waals surface area contributed by atoms with Gasteiger partial charge in [0.2, 0.25) is 11.8 Å². The van der Waals surface area contributed by atoms with E-state index in [1.54, 1.807) is 7.05 Å². The summed E-state index contributed by atoms with van der Waals surface area (Å²) in [5.41, 5.74) is 0. The van der Waals surface area contributed by atoms with Gasteiger partial charge >= 0.3 is 0 Å². The van der Waals surface area contributed by atoms with E-state index in [0.717, 1.165) is 19.4 Å². The number of carbonyl (C=O) groups excluding carboxylic acids is 2. The molecule has 92 valence electrons. The fourth-order valence-corrected chi connectivity index (χ4v) is 1.82. The van der Waals surface area contributed by atoms with Crippen molar-refractivity contribution in [2.24, 2.45) is 0 Å². The van der Waals surface area contributed by atoms with E-state index in [0.29, 0.717) is 0 Å². The lowest BCUT2D eigenvalue weighted by atomic mass is 10.2. The molecule has 5 heteroatoms. The molecule has 0 aliphatic carbocycles. The van der Waals surface area contributed by atoms with Crippen molar-refractivity contribution in [3.8, 4) is 0 Å². The van der Waals surface area contributed by atoms with Crippen LogP contribution in [0.2, 0.25) is 0 Å². The van der Waals surface area contributed by atoms with Crippen molar-refractivity contribution in [3.05, 3.63) is 0 Å². The Bertz CT molecular complexity index is 260. The number of rotatable bonds is 4. The highest BCUT2D eigenvalue weighted by molar-refractivity contribution is 5.87. The largest absolute Gasteiger partial charge is 0.352 e. The van der Waals surface area contributed by atoms with Gasteiger partial charge in [-0.2, -0.15) is 0 Å². The Kier molecular flexibility index (Phi) is 4.73. The van der Waals surface area contributed by atoms with E-state index in [1.807, 2.05) is 13.8 Å². The highest BCUT2D eigenvalue weighted by Crippen LogP contribution is 2.07. The van der Waals surface area contributed by atoms with E-state index < -0.39 is 0 Å². The summed E-state index contributed by atoms with van der Waals surface area (Å²) in [6.45, 7) is 4.83. The molecule has 0 aromatic heterocycles. The van der Waals surface area contributed by atoms with Crippen LogP contribution in [0.3, 0.4) is 0 Å². The van der Waals surface area contributed by atoms with Crippen LogP contribution in [0.4, 0.5) is 0 Å². The minimum absolute atomic E-state index is 0.0106. The first-order valence-corrected chi connectivity index (χ1v) is 5.78. The van der Waals surface area contributed by atoms with Gasteiger partial charge in [-0.15, -0.1) is 0 Å². The average Bonchev–Trinajstić information content (AvgIpc) is 2.67. The number of nitrogens with zero attached hydrogens (tertiary/aromatic N) is 1. The molecular formula is C11H21N3O2. The van der Waals surface area contributed by atoms with Gasteiger partial charge in [-0.3, -0.25) is 9.59 Å². The van der Waals surface area contributed by atoms with Crippen molar-refractivity contribution >= 4 is 11.8 Å². The van der Waals surface area contributed by atoms with Crippen LogP contribution in [-0.4, -0.2) is 48.9 Å². The van der Waals surface area contributed by atoms with E-state index in [9.17, 15) is 9.59 Å². The Balaban J connectivity index is 2.35. The molecule has 5 nitrogen and oxygen atoms in total. The summed E-state index contributed by atoms with van der Waals surface area (Å²) in [4.78, 5) is 24.8. The smallest absolute Gasteiger partial charge is 0.239 e. The predicted molar refractivity (Wildman–Crippen MR) is 61.9 cm³/mol. The Morgan fingerprint density at radius 2 is 2.19 bits per heavy atom. The first kappa shape index (κ1) is 13.0. The Labute approximate surface area is 96.6 Å². The lowest BCUT2D eigenvalue weighted by molar-refractivity contribution is -0.136. The molecule has 0 aromatic carbocycles. The predicted octanol–water partition coefficient (Wildman–Crippen LogP) is -0.279. The van der Waals surface area contributed by atoms with E-state index in [1.165, 1.54) is 4.90 Å². The lowest BCUT2D eigenvalue weighted by Gasteiger charge is -2.21. The molecule has 2 N–H and O–H groups in total. The molecule has 0 unspecified atom stereocenters.